The van der Waals surface area contributed by atoms with Gasteiger partial charge in [-0.3, -0.25) is 10.1 Å². The highest BCUT2D eigenvalue weighted by Gasteiger charge is 2.13. The molecule has 0 radical (unpaired) electrons. The average Bonchev–Trinajstić information content (AvgIpc) is 3.06. The predicted molar refractivity (Wildman–Crippen MR) is 111 cm³/mol. The summed E-state index contributed by atoms with van der Waals surface area (Å²) in [5, 5.41) is 13.0. The molecule has 0 saturated carbocycles. The molecule has 0 aliphatic carbocycles. The lowest BCUT2D eigenvalue weighted by Crippen LogP contribution is -2.18. The van der Waals surface area contributed by atoms with E-state index in [1.54, 1.807) is 35.6 Å². The van der Waals surface area contributed by atoms with Crippen LogP contribution in [0.1, 0.15) is 45.2 Å². The van der Waals surface area contributed by atoms with Gasteiger partial charge >= 0.3 is 0 Å². The number of para-hydroxylation sites is 1. The maximum atomic E-state index is 10.9. The molecule has 2 aromatic carbocycles. The van der Waals surface area contributed by atoms with Gasteiger partial charge in [0.05, 0.1) is 16.3 Å². The van der Waals surface area contributed by atoms with E-state index in [4.69, 9.17) is 4.99 Å². The molecule has 0 aliphatic rings. The van der Waals surface area contributed by atoms with Crippen LogP contribution in [0.25, 0.3) is 11.3 Å². The van der Waals surface area contributed by atoms with E-state index in [0.717, 1.165) is 21.7 Å². The molecule has 6 heteroatoms. The summed E-state index contributed by atoms with van der Waals surface area (Å²) in [6.07, 6.45) is 0. The van der Waals surface area contributed by atoms with Gasteiger partial charge in [0.2, 0.25) is 0 Å². The molecule has 0 fully saturated rings. The molecule has 1 heterocycles. The number of benzene rings is 2. The molecule has 1 aromatic heterocycles. The zero-order chi connectivity index (χ0) is 19.6. The first-order valence-corrected chi connectivity index (χ1v) is 9.85. The van der Waals surface area contributed by atoms with Crippen molar-refractivity contribution in [3.8, 4) is 11.3 Å². The number of hydrogen-bond donors (Lipinski definition) is 0. The number of thiazole rings is 1. The molecule has 0 saturated heterocycles. The zero-order valence-electron chi connectivity index (χ0n) is 15.9. The summed E-state index contributed by atoms with van der Waals surface area (Å²) in [6.45, 7) is 8.58. The van der Waals surface area contributed by atoms with Gasteiger partial charge in [-0.05, 0) is 49.1 Å². The van der Waals surface area contributed by atoms with Gasteiger partial charge < -0.3 is 4.57 Å². The summed E-state index contributed by atoms with van der Waals surface area (Å²) in [6, 6.07) is 15.1. The molecule has 0 atom stereocenters. The fourth-order valence-electron chi connectivity index (χ4n) is 3.05. The highest BCUT2D eigenvalue weighted by Crippen LogP contribution is 2.28. The summed E-state index contributed by atoms with van der Waals surface area (Å²) in [4.78, 5) is 16.4. The van der Waals surface area contributed by atoms with Crippen molar-refractivity contribution in [1.82, 2.24) is 4.57 Å². The van der Waals surface area contributed by atoms with Crippen molar-refractivity contribution >= 4 is 22.7 Å². The molecule has 140 valence electrons. The highest BCUT2D eigenvalue weighted by molar-refractivity contribution is 7.07. The molecule has 0 spiro atoms. The first-order valence-electron chi connectivity index (χ1n) is 8.97. The summed E-state index contributed by atoms with van der Waals surface area (Å²) < 4.78 is 2.18. The van der Waals surface area contributed by atoms with Crippen LogP contribution in [0.5, 0.6) is 0 Å². The van der Waals surface area contributed by atoms with E-state index in [0.29, 0.717) is 5.92 Å². The second-order valence-electron chi connectivity index (χ2n) is 7.00. The van der Waals surface area contributed by atoms with Crippen molar-refractivity contribution in [2.45, 2.75) is 39.7 Å². The molecule has 3 aromatic rings. The highest BCUT2D eigenvalue weighted by atomic mass is 32.1. The maximum Gasteiger partial charge on any atom is 0.269 e. The van der Waals surface area contributed by atoms with Crippen LogP contribution >= 0.6 is 11.3 Å². The number of nitro benzene ring substituents is 1. The Morgan fingerprint density at radius 2 is 1.70 bits per heavy atom. The minimum absolute atomic E-state index is 0.0980. The van der Waals surface area contributed by atoms with Gasteiger partial charge in [0.25, 0.3) is 5.69 Å². The quantitative estimate of drug-likeness (QED) is 0.398. The van der Waals surface area contributed by atoms with Crippen LogP contribution in [-0.4, -0.2) is 9.49 Å². The summed E-state index contributed by atoms with van der Waals surface area (Å²) in [5.74, 6) is 0.395. The Morgan fingerprint density at radius 3 is 2.30 bits per heavy atom. The third-order valence-corrected chi connectivity index (χ3v) is 5.25. The second kappa shape index (κ2) is 7.88. The Labute approximate surface area is 162 Å². The predicted octanol–water partition coefficient (Wildman–Crippen LogP) is 6.06. The maximum absolute atomic E-state index is 10.9. The van der Waals surface area contributed by atoms with Crippen molar-refractivity contribution in [2.75, 3.05) is 0 Å². The zero-order valence-corrected chi connectivity index (χ0v) is 16.7. The van der Waals surface area contributed by atoms with Gasteiger partial charge in [-0.1, -0.05) is 32.0 Å². The lowest BCUT2D eigenvalue weighted by Gasteiger charge is -2.13. The van der Waals surface area contributed by atoms with Crippen molar-refractivity contribution < 1.29 is 4.92 Å². The van der Waals surface area contributed by atoms with Crippen LogP contribution in [0, 0.1) is 10.1 Å². The third kappa shape index (κ3) is 4.01. The fraction of sp³-hybridized carbons (Fsp3) is 0.286. The fourth-order valence-corrected chi connectivity index (χ4v) is 4.09. The van der Waals surface area contributed by atoms with Crippen LogP contribution in [0.15, 0.2) is 58.9 Å². The normalized spacial score (nSPS) is 12.1. The smallest absolute Gasteiger partial charge is 0.269 e. The van der Waals surface area contributed by atoms with Crippen molar-refractivity contribution in [2.24, 2.45) is 4.99 Å². The van der Waals surface area contributed by atoms with Crippen LogP contribution in [0.2, 0.25) is 0 Å². The number of rotatable bonds is 5. The van der Waals surface area contributed by atoms with Crippen LogP contribution in [-0.2, 0) is 0 Å². The minimum atomic E-state index is -0.377. The van der Waals surface area contributed by atoms with E-state index in [1.807, 2.05) is 18.2 Å². The Balaban J connectivity index is 2.13. The van der Waals surface area contributed by atoms with E-state index < -0.39 is 0 Å². The van der Waals surface area contributed by atoms with Crippen molar-refractivity contribution in [3.05, 3.63) is 74.4 Å². The second-order valence-corrected chi connectivity index (χ2v) is 7.83. The van der Waals surface area contributed by atoms with Crippen LogP contribution in [0.3, 0.4) is 0 Å². The van der Waals surface area contributed by atoms with Gasteiger partial charge in [0, 0.05) is 23.6 Å². The van der Waals surface area contributed by atoms with Crippen LogP contribution < -0.4 is 4.80 Å². The first-order chi connectivity index (χ1) is 12.9. The molecule has 3 rings (SSSR count). The SMILES string of the molecule is CC(C)c1ccccc1N=c1scc(-c2ccc([N+](=O)[O-])cc2)n1C(C)C. The standard InChI is InChI=1S/C21H23N3O2S/c1-14(2)18-7-5-6-8-19(18)22-21-23(15(3)4)20(13-27-21)16-9-11-17(12-10-16)24(25)26/h5-15H,1-4H3. The van der Waals surface area contributed by atoms with E-state index in [-0.39, 0.29) is 16.7 Å². The van der Waals surface area contributed by atoms with E-state index in [9.17, 15) is 10.1 Å². The largest absolute Gasteiger partial charge is 0.314 e. The van der Waals surface area contributed by atoms with E-state index in [2.05, 4.69) is 43.7 Å². The van der Waals surface area contributed by atoms with Crippen LogP contribution in [0.4, 0.5) is 11.4 Å². The van der Waals surface area contributed by atoms with Crippen molar-refractivity contribution in [1.29, 1.82) is 0 Å². The average molecular weight is 382 g/mol. The lowest BCUT2D eigenvalue weighted by molar-refractivity contribution is -0.384. The Bertz CT molecular complexity index is 1010. The monoisotopic (exact) mass is 381 g/mol. The van der Waals surface area contributed by atoms with Gasteiger partial charge in [-0.25, -0.2) is 4.99 Å². The molecule has 5 nitrogen and oxygen atoms in total. The summed E-state index contributed by atoms with van der Waals surface area (Å²) >= 11 is 1.59. The Kier molecular flexibility index (Phi) is 5.56. The lowest BCUT2D eigenvalue weighted by atomic mass is 10.0. The number of non-ortho nitro benzene ring substituents is 1. The number of hydrogen-bond acceptors (Lipinski definition) is 4. The molecule has 0 amide bonds. The van der Waals surface area contributed by atoms with E-state index in [1.165, 1.54) is 5.56 Å². The number of aromatic nitrogens is 1. The molecule has 0 N–H and O–H groups in total. The molecule has 0 unspecified atom stereocenters. The summed E-state index contributed by atoms with van der Waals surface area (Å²) in [7, 11) is 0. The number of nitro groups is 1. The molecule has 27 heavy (non-hydrogen) atoms. The Hall–Kier alpha value is -2.73. The summed E-state index contributed by atoms with van der Waals surface area (Å²) in [5.41, 5.74) is 4.27. The Morgan fingerprint density at radius 1 is 1.04 bits per heavy atom. The minimum Gasteiger partial charge on any atom is -0.314 e. The topological polar surface area (TPSA) is 60.4 Å². The first kappa shape index (κ1) is 19.0. The van der Waals surface area contributed by atoms with E-state index >= 15 is 0 Å². The molecule has 0 bridgehead atoms. The third-order valence-electron chi connectivity index (χ3n) is 4.41. The molecular formula is C21H23N3O2S. The van der Waals surface area contributed by atoms with Gasteiger partial charge in [0.1, 0.15) is 0 Å². The number of nitrogens with zero attached hydrogens (tertiary/aromatic N) is 3. The molecule has 0 aliphatic heterocycles. The van der Waals surface area contributed by atoms with Gasteiger partial charge in [-0.2, -0.15) is 0 Å². The van der Waals surface area contributed by atoms with Gasteiger partial charge in [-0.15, -0.1) is 11.3 Å². The van der Waals surface area contributed by atoms with Gasteiger partial charge in [0.15, 0.2) is 4.80 Å². The molecular weight excluding hydrogens is 358 g/mol. The van der Waals surface area contributed by atoms with Crippen molar-refractivity contribution in [3.63, 3.8) is 0 Å².